The van der Waals surface area contributed by atoms with Crippen molar-refractivity contribution >= 4 is 5.91 Å². The summed E-state index contributed by atoms with van der Waals surface area (Å²) in [4.78, 5) is 11.8. The van der Waals surface area contributed by atoms with Gasteiger partial charge >= 0.3 is 0 Å². The maximum absolute atomic E-state index is 11.8. The van der Waals surface area contributed by atoms with Crippen LogP contribution in [0.1, 0.15) is 39.5 Å². The first-order valence-corrected chi connectivity index (χ1v) is 6.08. The molecule has 0 bridgehead atoms. The van der Waals surface area contributed by atoms with E-state index in [1.807, 2.05) is 7.05 Å². The van der Waals surface area contributed by atoms with Gasteiger partial charge < -0.3 is 15.7 Å². The number of carbonyl (C=O) groups is 1. The highest BCUT2D eigenvalue weighted by atomic mass is 16.3. The van der Waals surface area contributed by atoms with E-state index in [-0.39, 0.29) is 18.6 Å². The summed E-state index contributed by atoms with van der Waals surface area (Å²) in [5, 5.41) is 15.4. The van der Waals surface area contributed by atoms with Gasteiger partial charge in [0.1, 0.15) is 0 Å². The van der Waals surface area contributed by atoms with Gasteiger partial charge in [-0.2, -0.15) is 0 Å². The molecular weight excluding hydrogens is 204 g/mol. The molecule has 0 heterocycles. The minimum Gasteiger partial charge on any atom is -0.395 e. The Hall–Kier alpha value is -0.610. The van der Waals surface area contributed by atoms with E-state index < -0.39 is 5.41 Å². The van der Waals surface area contributed by atoms with E-state index in [4.69, 9.17) is 5.11 Å². The fourth-order valence-electron chi connectivity index (χ4n) is 1.98. The Kier molecular flexibility index (Phi) is 4.74. The Morgan fingerprint density at radius 2 is 1.75 bits per heavy atom. The fraction of sp³-hybridized carbons (Fsp3) is 0.917. The molecule has 1 saturated carbocycles. The van der Waals surface area contributed by atoms with E-state index in [2.05, 4.69) is 10.6 Å². The fourth-order valence-corrected chi connectivity index (χ4v) is 1.98. The highest BCUT2D eigenvalue weighted by molar-refractivity contribution is 5.82. The van der Waals surface area contributed by atoms with Crippen LogP contribution in [-0.2, 0) is 4.79 Å². The molecule has 1 aliphatic carbocycles. The normalized spacial score (nSPS) is 26.5. The first kappa shape index (κ1) is 13.5. The van der Waals surface area contributed by atoms with Gasteiger partial charge in [-0.05, 0) is 46.6 Å². The lowest BCUT2D eigenvalue weighted by Crippen LogP contribution is -2.47. The van der Waals surface area contributed by atoms with Crippen molar-refractivity contribution in [3.05, 3.63) is 0 Å². The van der Waals surface area contributed by atoms with Crippen molar-refractivity contribution < 1.29 is 9.90 Å². The molecule has 1 aliphatic rings. The second-order valence-corrected chi connectivity index (χ2v) is 5.35. The molecule has 0 aliphatic heterocycles. The Labute approximate surface area is 97.8 Å². The molecule has 0 radical (unpaired) electrons. The minimum atomic E-state index is -0.667. The average Bonchev–Trinajstić information content (AvgIpc) is 2.30. The van der Waals surface area contributed by atoms with Crippen molar-refractivity contribution in [1.29, 1.82) is 0 Å². The van der Waals surface area contributed by atoms with Gasteiger partial charge in [-0.3, -0.25) is 4.79 Å². The predicted octanol–water partition coefficient (Wildman–Crippen LogP) is 0.652. The molecule has 3 N–H and O–H groups in total. The van der Waals surface area contributed by atoms with Gasteiger partial charge in [0.2, 0.25) is 5.91 Å². The molecule has 4 nitrogen and oxygen atoms in total. The smallest absolute Gasteiger partial charge is 0.228 e. The third-order valence-corrected chi connectivity index (χ3v) is 3.48. The predicted molar refractivity (Wildman–Crippen MR) is 64.1 cm³/mol. The molecular formula is C12H24N2O2. The largest absolute Gasteiger partial charge is 0.395 e. The van der Waals surface area contributed by atoms with Crippen LogP contribution in [-0.4, -0.2) is 36.8 Å². The van der Waals surface area contributed by atoms with Crippen molar-refractivity contribution in [2.75, 3.05) is 13.7 Å². The van der Waals surface area contributed by atoms with Gasteiger partial charge in [0.15, 0.2) is 0 Å². The van der Waals surface area contributed by atoms with Gasteiger partial charge in [-0.25, -0.2) is 0 Å². The highest BCUT2D eigenvalue weighted by Crippen LogP contribution is 2.20. The van der Waals surface area contributed by atoms with Crippen LogP contribution in [0.5, 0.6) is 0 Å². The molecule has 0 saturated heterocycles. The molecule has 1 rings (SSSR count). The lowest BCUT2D eigenvalue weighted by atomic mass is 9.89. The van der Waals surface area contributed by atoms with Crippen molar-refractivity contribution in [3.63, 3.8) is 0 Å². The quantitative estimate of drug-likeness (QED) is 0.662. The first-order chi connectivity index (χ1) is 7.49. The molecule has 0 aromatic rings. The maximum Gasteiger partial charge on any atom is 0.228 e. The molecule has 0 unspecified atom stereocenters. The van der Waals surface area contributed by atoms with Crippen LogP contribution in [0.25, 0.3) is 0 Å². The third-order valence-electron chi connectivity index (χ3n) is 3.48. The summed E-state index contributed by atoms with van der Waals surface area (Å²) in [6, 6.07) is 0.877. The van der Waals surface area contributed by atoms with Gasteiger partial charge in [0, 0.05) is 12.1 Å². The van der Waals surface area contributed by atoms with Gasteiger partial charge in [-0.15, -0.1) is 0 Å². The summed E-state index contributed by atoms with van der Waals surface area (Å²) in [7, 11) is 1.98. The van der Waals surface area contributed by atoms with Crippen molar-refractivity contribution in [2.45, 2.75) is 51.6 Å². The molecule has 1 fully saturated rings. The zero-order chi connectivity index (χ0) is 12.2. The van der Waals surface area contributed by atoms with E-state index in [0.717, 1.165) is 25.7 Å². The van der Waals surface area contributed by atoms with Crippen LogP contribution in [0.3, 0.4) is 0 Å². The monoisotopic (exact) mass is 228 g/mol. The lowest BCUT2D eigenvalue weighted by Gasteiger charge is -2.31. The third kappa shape index (κ3) is 3.46. The molecule has 4 heteroatoms. The molecule has 0 atom stereocenters. The van der Waals surface area contributed by atoms with E-state index in [9.17, 15) is 4.79 Å². The number of amides is 1. The Bertz CT molecular complexity index is 233. The lowest BCUT2D eigenvalue weighted by molar-refractivity contribution is -0.132. The SMILES string of the molecule is CNC1CCC(NC(=O)C(C)(C)CO)CC1. The van der Waals surface area contributed by atoms with Crippen molar-refractivity contribution in [2.24, 2.45) is 5.41 Å². The summed E-state index contributed by atoms with van der Waals surface area (Å²) < 4.78 is 0. The number of hydrogen-bond donors (Lipinski definition) is 3. The van der Waals surface area contributed by atoms with Crippen LogP contribution in [0, 0.1) is 5.41 Å². The number of nitrogens with one attached hydrogen (secondary N) is 2. The zero-order valence-electron chi connectivity index (χ0n) is 10.5. The molecule has 0 spiro atoms. The maximum atomic E-state index is 11.8. The van der Waals surface area contributed by atoms with Gasteiger partial charge in [0.05, 0.1) is 12.0 Å². The second-order valence-electron chi connectivity index (χ2n) is 5.35. The highest BCUT2D eigenvalue weighted by Gasteiger charge is 2.29. The Balaban J connectivity index is 2.36. The summed E-state index contributed by atoms with van der Waals surface area (Å²) >= 11 is 0. The number of rotatable bonds is 4. The second kappa shape index (κ2) is 5.64. The van der Waals surface area contributed by atoms with Gasteiger partial charge in [-0.1, -0.05) is 0 Å². The average molecular weight is 228 g/mol. The van der Waals surface area contributed by atoms with Crippen molar-refractivity contribution in [1.82, 2.24) is 10.6 Å². The zero-order valence-corrected chi connectivity index (χ0v) is 10.5. The molecule has 0 aromatic heterocycles. The number of aliphatic hydroxyl groups is 1. The van der Waals surface area contributed by atoms with Crippen LogP contribution in [0.2, 0.25) is 0 Å². The summed E-state index contributed by atoms with van der Waals surface area (Å²) in [5.41, 5.74) is -0.667. The number of hydrogen-bond acceptors (Lipinski definition) is 3. The van der Waals surface area contributed by atoms with Crippen LogP contribution < -0.4 is 10.6 Å². The van der Waals surface area contributed by atoms with E-state index in [0.29, 0.717) is 6.04 Å². The van der Waals surface area contributed by atoms with Gasteiger partial charge in [0.25, 0.3) is 0 Å². The van der Waals surface area contributed by atoms with Crippen LogP contribution >= 0.6 is 0 Å². The first-order valence-electron chi connectivity index (χ1n) is 6.08. The standard InChI is InChI=1S/C12H24N2O2/c1-12(2,8-15)11(16)14-10-6-4-9(13-3)5-7-10/h9-10,13,15H,4-8H2,1-3H3,(H,14,16). The van der Waals surface area contributed by atoms with E-state index in [1.165, 1.54) is 0 Å². The summed E-state index contributed by atoms with van der Waals surface area (Å²) in [6.45, 7) is 3.42. The van der Waals surface area contributed by atoms with E-state index in [1.54, 1.807) is 13.8 Å². The summed E-state index contributed by atoms with van der Waals surface area (Å²) in [6.07, 6.45) is 4.28. The summed E-state index contributed by atoms with van der Waals surface area (Å²) in [5.74, 6) is -0.0390. The number of carbonyl (C=O) groups excluding carboxylic acids is 1. The number of aliphatic hydroxyl groups excluding tert-OH is 1. The Morgan fingerprint density at radius 3 is 2.19 bits per heavy atom. The molecule has 0 aromatic carbocycles. The molecule has 16 heavy (non-hydrogen) atoms. The topological polar surface area (TPSA) is 61.4 Å². The van der Waals surface area contributed by atoms with Crippen LogP contribution in [0.15, 0.2) is 0 Å². The molecule has 1 amide bonds. The minimum absolute atomic E-state index is 0.0390. The molecule has 94 valence electrons. The van der Waals surface area contributed by atoms with Crippen LogP contribution in [0.4, 0.5) is 0 Å². The Morgan fingerprint density at radius 1 is 1.25 bits per heavy atom. The van der Waals surface area contributed by atoms with E-state index >= 15 is 0 Å². The van der Waals surface area contributed by atoms with Crippen molar-refractivity contribution in [3.8, 4) is 0 Å².